The quantitative estimate of drug-likeness (QED) is 0.712. The number of rotatable bonds is 4. The van der Waals surface area contributed by atoms with Crippen molar-refractivity contribution in [2.45, 2.75) is 37.9 Å². The standard InChI is InChI=1S/C12H17N3O5/c1-15-10(16)5-3-8(14-15)11(17)13-6-7-2-4-9(20-7)12(18)19/h7,9H,2-6H2,1H3,(H,13,17)(H,18,19). The molecular weight excluding hydrogens is 266 g/mol. The molecule has 2 unspecified atom stereocenters. The number of hydrogen-bond acceptors (Lipinski definition) is 5. The van der Waals surface area contributed by atoms with Crippen LogP contribution in [0.1, 0.15) is 25.7 Å². The van der Waals surface area contributed by atoms with Crippen LogP contribution in [0.5, 0.6) is 0 Å². The number of hydrazone groups is 1. The van der Waals surface area contributed by atoms with Crippen LogP contribution < -0.4 is 5.32 Å². The molecule has 0 aromatic heterocycles. The van der Waals surface area contributed by atoms with Gasteiger partial charge in [-0.2, -0.15) is 5.10 Å². The van der Waals surface area contributed by atoms with Gasteiger partial charge in [0.1, 0.15) is 5.71 Å². The number of aliphatic carboxylic acids is 1. The summed E-state index contributed by atoms with van der Waals surface area (Å²) in [6, 6.07) is 0. The third-order valence-electron chi connectivity index (χ3n) is 3.34. The molecule has 0 aromatic carbocycles. The zero-order valence-electron chi connectivity index (χ0n) is 11.2. The van der Waals surface area contributed by atoms with Crippen molar-refractivity contribution in [1.29, 1.82) is 0 Å². The number of carboxylic acid groups (broad SMARTS) is 1. The van der Waals surface area contributed by atoms with Crippen LogP contribution in [0.15, 0.2) is 5.10 Å². The van der Waals surface area contributed by atoms with Crippen LogP contribution in [0.25, 0.3) is 0 Å². The lowest BCUT2D eigenvalue weighted by Gasteiger charge is -2.19. The molecule has 0 spiro atoms. The molecule has 0 aliphatic carbocycles. The molecule has 2 N–H and O–H groups in total. The van der Waals surface area contributed by atoms with Crippen molar-refractivity contribution >= 4 is 23.5 Å². The van der Waals surface area contributed by atoms with Gasteiger partial charge in [-0.1, -0.05) is 0 Å². The highest BCUT2D eigenvalue weighted by atomic mass is 16.5. The van der Waals surface area contributed by atoms with Gasteiger partial charge in [-0.05, 0) is 12.8 Å². The summed E-state index contributed by atoms with van der Waals surface area (Å²) in [5.41, 5.74) is 0.305. The number of ether oxygens (including phenoxy) is 1. The average molecular weight is 283 g/mol. The topological polar surface area (TPSA) is 108 Å². The smallest absolute Gasteiger partial charge is 0.332 e. The lowest BCUT2D eigenvalue weighted by Crippen LogP contribution is -2.40. The summed E-state index contributed by atoms with van der Waals surface area (Å²) in [6.45, 7) is 0.249. The van der Waals surface area contributed by atoms with Crippen molar-refractivity contribution in [1.82, 2.24) is 10.3 Å². The molecule has 110 valence electrons. The molecule has 0 bridgehead atoms. The van der Waals surface area contributed by atoms with Gasteiger partial charge in [0.15, 0.2) is 6.10 Å². The molecule has 2 rings (SSSR count). The Morgan fingerprint density at radius 1 is 1.45 bits per heavy atom. The Morgan fingerprint density at radius 3 is 2.80 bits per heavy atom. The first-order valence-electron chi connectivity index (χ1n) is 6.48. The highest BCUT2D eigenvalue weighted by molar-refractivity contribution is 6.39. The van der Waals surface area contributed by atoms with E-state index in [-0.39, 0.29) is 30.9 Å². The van der Waals surface area contributed by atoms with Crippen molar-refractivity contribution in [3.8, 4) is 0 Å². The SMILES string of the molecule is CN1N=C(C(=O)NCC2CCC(C(=O)O)O2)CCC1=O. The minimum atomic E-state index is -0.976. The molecular formula is C12H17N3O5. The number of carboxylic acids is 1. The Bertz CT molecular complexity index is 462. The number of hydrogen-bond donors (Lipinski definition) is 2. The molecule has 2 aliphatic rings. The van der Waals surface area contributed by atoms with Crippen molar-refractivity contribution in [3.05, 3.63) is 0 Å². The van der Waals surface area contributed by atoms with Gasteiger partial charge in [0.05, 0.1) is 6.10 Å². The maximum atomic E-state index is 11.9. The van der Waals surface area contributed by atoms with E-state index < -0.39 is 12.1 Å². The molecule has 8 nitrogen and oxygen atoms in total. The molecule has 0 aromatic rings. The van der Waals surface area contributed by atoms with Crippen molar-refractivity contribution in [2.75, 3.05) is 13.6 Å². The Labute approximate surface area is 115 Å². The van der Waals surface area contributed by atoms with E-state index >= 15 is 0 Å². The van der Waals surface area contributed by atoms with Crippen molar-refractivity contribution in [2.24, 2.45) is 5.10 Å². The van der Waals surface area contributed by atoms with Gasteiger partial charge in [0.2, 0.25) is 5.91 Å². The van der Waals surface area contributed by atoms with Gasteiger partial charge >= 0.3 is 5.97 Å². The maximum absolute atomic E-state index is 11.9. The third-order valence-corrected chi connectivity index (χ3v) is 3.34. The number of nitrogens with zero attached hydrogens (tertiary/aromatic N) is 2. The van der Waals surface area contributed by atoms with Crippen molar-refractivity contribution < 1.29 is 24.2 Å². The molecule has 8 heteroatoms. The van der Waals surface area contributed by atoms with E-state index in [0.29, 0.717) is 25.0 Å². The molecule has 1 saturated heterocycles. The lowest BCUT2D eigenvalue weighted by atomic mass is 10.1. The maximum Gasteiger partial charge on any atom is 0.332 e. The second kappa shape index (κ2) is 6.00. The monoisotopic (exact) mass is 283 g/mol. The van der Waals surface area contributed by atoms with Gasteiger partial charge in [-0.3, -0.25) is 9.59 Å². The molecule has 20 heavy (non-hydrogen) atoms. The fraction of sp³-hybridized carbons (Fsp3) is 0.667. The third kappa shape index (κ3) is 3.32. The Balaban J connectivity index is 1.80. The lowest BCUT2D eigenvalue weighted by molar-refractivity contribution is -0.149. The van der Waals surface area contributed by atoms with Gasteiger partial charge < -0.3 is 15.2 Å². The van der Waals surface area contributed by atoms with Gasteiger partial charge in [0.25, 0.3) is 5.91 Å². The molecule has 2 amide bonds. The van der Waals surface area contributed by atoms with Crippen LogP contribution in [-0.2, 0) is 19.1 Å². The second-order valence-electron chi connectivity index (χ2n) is 4.84. The van der Waals surface area contributed by atoms with Crippen LogP contribution in [-0.4, -0.2) is 59.4 Å². The number of carbonyl (C=O) groups is 3. The first-order chi connectivity index (χ1) is 9.47. The predicted molar refractivity (Wildman–Crippen MR) is 68.0 cm³/mol. The molecule has 2 aliphatic heterocycles. The summed E-state index contributed by atoms with van der Waals surface area (Å²) in [5, 5.41) is 16.5. The normalized spacial score (nSPS) is 26.4. The van der Waals surface area contributed by atoms with E-state index in [1.165, 1.54) is 7.05 Å². The van der Waals surface area contributed by atoms with Crippen LogP contribution in [0.4, 0.5) is 0 Å². The largest absolute Gasteiger partial charge is 0.479 e. The Hall–Kier alpha value is -1.96. The van der Waals surface area contributed by atoms with E-state index in [1.807, 2.05) is 0 Å². The van der Waals surface area contributed by atoms with Gasteiger partial charge in [-0.15, -0.1) is 0 Å². The average Bonchev–Trinajstić information content (AvgIpc) is 2.88. The van der Waals surface area contributed by atoms with E-state index in [1.54, 1.807) is 0 Å². The van der Waals surface area contributed by atoms with Crippen LogP contribution in [0, 0.1) is 0 Å². The molecule has 0 saturated carbocycles. The highest BCUT2D eigenvalue weighted by Gasteiger charge is 2.31. The molecule has 2 atom stereocenters. The Kier molecular flexibility index (Phi) is 4.33. The summed E-state index contributed by atoms with van der Waals surface area (Å²) in [4.78, 5) is 33.8. The highest BCUT2D eigenvalue weighted by Crippen LogP contribution is 2.19. The number of nitrogens with one attached hydrogen (secondary N) is 1. The fourth-order valence-corrected chi connectivity index (χ4v) is 2.18. The summed E-state index contributed by atoms with van der Waals surface area (Å²) < 4.78 is 5.28. The molecule has 2 heterocycles. The van der Waals surface area contributed by atoms with Crippen LogP contribution in [0.2, 0.25) is 0 Å². The first-order valence-corrected chi connectivity index (χ1v) is 6.48. The minimum Gasteiger partial charge on any atom is -0.479 e. The molecule has 1 fully saturated rings. The number of amides is 2. The molecule has 0 radical (unpaired) electrons. The van der Waals surface area contributed by atoms with E-state index in [0.717, 1.165) is 5.01 Å². The fourth-order valence-electron chi connectivity index (χ4n) is 2.18. The number of carbonyl (C=O) groups excluding carboxylic acids is 2. The van der Waals surface area contributed by atoms with E-state index in [9.17, 15) is 14.4 Å². The summed E-state index contributed by atoms with van der Waals surface area (Å²) in [7, 11) is 1.51. The minimum absolute atomic E-state index is 0.120. The summed E-state index contributed by atoms with van der Waals surface area (Å²) in [6.07, 6.45) is 0.564. The Morgan fingerprint density at radius 2 is 2.20 bits per heavy atom. The van der Waals surface area contributed by atoms with Gasteiger partial charge in [0, 0.05) is 26.4 Å². The van der Waals surface area contributed by atoms with Crippen molar-refractivity contribution in [3.63, 3.8) is 0 Å². The zero-order valence-corrected chi connectivity index (χ0v) is 11.2. The summed E-state index contributed by atoms with van der Waals surface area (Å²) in [5.74, 6) is -1.44. The van der Waals surface area contributed by atoms with E-state index in [2.05, 4.69) is 10.4 Å². The van der Waals surface area contributed by atoms with Crippen LogP contribution in [0.3, 0.4) is 0 Å². The summed E-state index contributed by atoms with van der Waals surface area (Å²) >= 11 is 0. The second-order valence-corrected chi connectivity index (χ2v) is 4.84. The van der Waals surface area contributed by atoms with Crippen LogP contribution >= 0.6 is 0 Å². The first kappa shape index (κ1) is 14.4. The van der Waals surface area contributed by atoms with Gasteiger partial charge in [-0.25, -0.2) is 9.80 Å². The predicted octanol–water partition coefficient (Wildman–Crippen LogP) is -0.657. The zero-order chi connectivity index (χ0) is 14.7. The van der Waals surface area contributed by atoms with E-state index in [4.69, 9.17) is 9.84 Å².